The van der Waals surface area contributed by atoms with Crippen molar-refractivity contribution in [2.75, 3.05) is 0 Å². The zero-order valence-corrected chi connectivity index (χ0v) is 13.1. The molecule has 0 aliphatic heterocycles. The Morgan fingerprint density at radius 1 is 1.17 bits per heavy atom. The number of amides is 1. The summed E-state index contributed by atoms with van der Waals surface area (Å²) in [6, 6.07) is 3.95. The number of carboxylic acids is 1. The number of rotatable bonds is 5. The molecule has 0 bridgehead atoms. The zero-order chi connectivity index (χ0) is 17.7. The SMILES string of the molecule is O=C(Cc1ccccc1C(=O)O)NC(C1CCCCC1)C(F)(F)F. The van der Waals surface area contributed by atoms with E-state index in [2.05, 4.69) is 5.32 Å². The molecule has 1 atom stereocenters. The van der Waals surface area contributed by atoms with Gasteiger partial charge < -0.3 is 10.4 Å². The van der Waals surface area contributed by atoms with Crippen molar-refractivity contribution in [1.29, 1.82) is 0 Å². The van der Waals surface area contributed by atoms with Crippen molar-refractivity contribution in [2.45, 2.75) is 50.7 Å². The van der Waals surface area contributed by atoms with Gasteiger partial charge in [0, 0.05) is 0 Å². The van der Waals surface area contributed by atoms with Crippen LogP contribution < -0.4 is 5.32 Å². The smallest absolute Gasteiger partial charge is 0.408 e. The molecule has 132 valence electrons. The maximum Gasteiger partial charge on any atom is 0.408 e. The van der Waals surface area contributed by atoms with Crippen LogP contribution in [0.4, 0.5) is 13.2 Å². The number of hydrogen-bond donors (Lipinski definition) is 2. The van der Waals surface area contributed by atoms with Crippen LogP contribution in [-0.2, 0) is 11.2 Å². The predicted molar refractivity (Wildman–Crippen MR) is 81.7 cm³/mol. The fraction of sp³-hybridized carbons (Fsp3) is 0.529. The van der Waals surface area contributed by atoms with E-state index in [1.54, 1.807) is 6.07 Å². The highest BCUT2D eigenvalue weighted by Gasteiger charge is 2.45. The van der Waals surface area contributed by atoms with Gasteiger partial charge in [-0.05, 0) is 30.4 Å². The van der Waals surface area contributed by atoms with Crippen LogP contribution in [0.2, 0.25) is 0 Å². The van der Waals surface area contributed by atoms with E-state index in [4.69, 9.17) is 5.11 Å². The van der Waals surface area contributed by atoms with E-state index < -0.39 is 30.0 Å². The summed E-state index contributed by atoms with van der Waals surface area (Å²) < 4.78 is 39.9. The van der Waals surface area contributed by atoms with E-state index in [-0.39, 0.29) is 17.5 Å². The largest absolute Gasteiger partial charge is 0.478 e. The number of nitrogens with one attached hydrogen (secondary N) is 1. The minimum Gasteiger partial charge on any atom is -0.478 e. The van der Waals surface area contributed by atoms with Crippen LogP contribution in [0.3, 0.4) is 0 Å². The first kappa shape index (κ1) is 18.3. The molecule has 2 rings (SSSR count). The van der Waals surface area contributed by atoms with Crippen molar-refractivity contribution < 1.29 is 27.9 Å². The lowest BCUT2D eigenvalue weighted by molar-refractivity contribution is -0.174. The second-order valence-electron chi connectivity index (χ2n) is 6.12. The molecule has 24 heavy (non-hydrogen) atoms. The van der Waals surface area contributed by atoms with Gasteiger partial charge in [-0.15, -0.1) is 0 Å². The molecule has 1 aliphatic carbocycles. The lowest BCUT2D eigenvalue weighted by Crippen LogP contribution is -2.51. The summed E-state index contributed by atoms with van der Waals surface area (Å²) in [6.07, 6.45) is -1.64. The summed E-state index contributed by atoms with van der Waals surface area (Å²) in [6.45, 7) is 0. The molecule has 0 saturated heterocycles. The second-order valence-corrected chi connectivity index (χ2v) is 6.12. The van der Waals surface area contributed by atoms with Gasteiger partial charge in [-0.2, -0.15) is 13.2 Å². The van der Waals surface area contributed by atoms with E-state index in [1.165, 1.54) is 18.2 Å². The predicted octanol–water partition coefficient (Wildman–Crippen LogP) is 3.55. The summed E-state index contributed by atoms with van der Waals surface area (Å²) in [5, 5.41) is 11.2. The fourth-order valence-corrected chi connectivity index (χ4v) is 3.21. The molecular weight excluding hydrogens is 323 g/mol. The molecule has 7 heteroatoms. The molecule has 0 heterocycles. The quantitative estimate of drug-likeness (QED) is 0.859. The summed E-state index contributed by atoms with van der Waals surface area (Å²) in [7, 11) is 0. The molecule has 1 aromatic rings. The van der Waals surface area contributed by atoms with Gasteiger partial charge in [0.05, 0.1) is 12.0 Å². The third-order valence-electron chi connectivity index (χ3n) is 4.39. The highest BCUT2D eigenvalue weighted by atomic mass is 19.4. The third kappa shape index (κ3) is 4.72. The first-order chi connectivity index (χ1) is 11.3. The molecule has 4 nitrogen and oxygen atoms in total. The van der Waals surface area contributed by atoms with Crippen molar-refractivity contribution >= 4 is 11.9 Å². The Morgan fingerprint density at radius 2 is 1.79 bits per heavy atom. The molecule has 0 radical (unpaired) electrons. The summed E-state index contributed by atoms with van der Waals surface area (Å²) >= 11 is 0. The van der Waals surface area contributed by atoms with E-state index in [0.717, 1.165) is 19.3 Å². The molecule has 0 aromatic heterocycles. The molecule has 1 fully saturated rings. The molecule has 1 aliphatic rings. The summed E-state index contributed by atoms with van der Waals surface area (Å²) in [5.41, 5.74) is 0.126. The monoisotopic (exact) mass is 343 g/mol. The molecule has 1 saturated carbocycles. The lowest BCUT2D eigenvalue weighted by Gasteiger charge is -2.32. The Labute approximate surface area is 138 Å². The first-order valence-corrected chi connectivity index (χ1v) is 7.96. The van der Waals surface area contributed by atoms with Gasteiger partial charge in [0.1, 0.15) is 6.04 Å². The van der Waals surface area contributed by atoms with E-state index in [0.29, 0.717) is 12.8 Å². The standard InChI is InChI=1S/C17H20F3NO3/c18-17(19,20)15(11-6-2-1-3-7-11)21-14(22)10-12-8-4-5-9-13(12)16(23)24/h4-5,8-9,11,15H,1-3,6-7,10H2,(H,21,22)(H,23,24). The van der Waals surface area contributed by atoms with Crippen LogP contribution in [-0.4, -0.2) is 29.2 Å². The maximum absolute atomic E-state index is 13.3. The molecule has 0 spiro atoms. The van der Waals surface area contributed by atoms with Crippen LogP contribution in [0.1, 0.15) is 48.0 Å². The third-order valence-corrected chi connectivity index (χ3v) is 4.39. The number of aromatic carboxylic acids is 1. The highest BCUT2D eigenvalue weighted by molar-refractivity contribution is 5.91. The van der Waals surface area contributed by atoms with Crippen molar-refractivity contribution in [2.24, 2.45) is 5.92 Å². The van der Waals surface area contributed by atoms with Crippen LogP contribution >= 0.6 is 0 Å². The molecule has 1 amide bonds. The topological polar surface area (TPSA) is 66.4 Å². The Balaban J connectivity index is 2.09. The Kier molecular flexibility index (Phi) is 5.85. The van der Waals surface area contributed by atoms with Crippen molar-refractivity contribution in [3.8, 4) is 0 Å². The molecule has 1 aromatic carbocycles. The van der Waals surface area contributed by atoms with Gasteiger partial charge in [-0.25, -0.2) is 4.79 Å². The van der Waals surface area contributed by atoms with Crippen molar-refractivity contribution in [3.63, 3.8) is 0 Å². The number of benzene rings is 1. The number of halogens is 3. The average molecular weight is 343 g/mol. The number of carbonyl (C=O) groups is 2. The van der Waals surface area contributed by atoms with Gasteiger partial charge in [0.15, 0.2) is 0 Å². The van der Waals surface area contributed by atoms with E-state index >= 15 is 0 Å². The Hall–Kier alpha value is -2.05. The van der Waals surface area contributed by atoms with Crippen LogP contribution in [0.25, 0.3) is 0 Å². The second kappa shape index (κ2) is 7.68. The summed E-state index contributed by atoms with van der Waals surface area (Å²) in [4.78, 5) is 23.2. The van der Waals surface area contributed by atoms with Crippen LogP contribution in [0, 0.1) is 5.92 Å². The number of hydrogen-bond acceptors (Lipinski definition) is 2. The Bertz CT molecular complexity index is 595. The average Bonchev–Trinajstić information content (AvgIpc) is 2.52. The van der Waals surface area contributed by atoms with Gasteiger partial charge >= 0.3 is 12.1 Å². The Morgan fingerprint density at radius 3 is 2.38 bits per heavy atom. The summed E-state index contributed by atoms with van der Waals surface area (Å²) in [5.74, 6) is -2.63. The lowest BCUT2D eigenvalue weighted by atomic mass is 9.83. The maximum atomic E-state index is 13.3. The van der Waals surface area contributed by atoms with E-state index in [9.17, 15) is 22.8 Å². The van der Waals surface area contributed by atoms with Gasteiger partial charge in [-0.3, -0.25) is 4.79 Å². The van der Waals surface area contributed by atoms with Crippen LogP contribution in [0.15, 0.2) is 24.3 Å². The first-order valence-electron chi connectivity index (χ1n) is 7.96. The molecular formula is C17H20F3NO3. The van der Waals surface area contributed by atoms with Gasteiger partial charge in [0.2, 0.25) is 5.91 Å². The van der Waals surface area contributed by atoms with Gasteiger partial charge in [0.25, 0.3) is 0 Å². The van der Waals surface area contributed by atoms with Gasteiger partial charge in [-0.1, -0.05) is 37.5 Å². The molecule has 1 unspecified atom stereocenters. The van der Waals surface area contributed by atoms with Crippen molar-refractivity contribution in [3.05, 3.63) is 35.4 Å². The van der Waals surface area contributed by atoms with E-state index in [1.807, 2.05) is 0 Å². The van der Waals surface area contributed by atoms with Crippen LogP contribution in [0.5, 0.6) is 0 Å². The minimum atomic E-state index is -4.51. The number of alkyl halides is 3. The molecule has 2 N–H and O–H groups in total. The fourth-order valence-electron chi connectivity index (χ4n) is 3.21. The van der Waals surface area contributed by atoms with Crippen molar-refractivity contribution in [1.82, 2.24) is 5.32 Å². The zero-order valence-electron chi connectivity index (χ0n) is 13.1. The number of carbonyl (C=O) groups excluding carboxylic acids is 1. The minimum absolute atomic E-state index is 0.0751. The normalized spacial score (nSPS) is 17.3. The number of carboxylic acid groups (broad SMARTS) is 1. The highest BCUT2D eigenvalue weighted by Crippen LogP contribution is 2.34.